The molecule has 1 heterocycles. The second-order valence-corrected chi connectivity index (χ2v) is 5.89. The monoisotopic (exact) mass is 394 g/mol. The standard InChI is InChI=1S/C14H26N4O.HI/c1-3-16-14(17-12-7-10(12)2)18-6-4-5-11(9-18)8-13(15)19;/h10-12H,3-9H2,1-2H3,(H2,15,19)(H,16,17);1H. The Labute approximate surface area is 138 Å². The summed E-state index contributed by atoms with van der Waals surface area (Å²) in [6, 6.07) is 0.585. The van der Waals surface area contributed by atoms with Crippen LogP contribution in [0, 0.1) is 11.8 Å². The van der Waals surface area contributed by atoms with E-state index >= 15 is 0 Å². The van der Waals surface area contributed by atoms with E-state index in [-0.39, 0.29) is 29.9 Å². The number of hydrogen-bond acceptors (Lipinski definition) is 2. The number of rotatable bonds is 4. The van der Waals surface area contributed by atoms with E-state index in [0.717, 1.165) is 44.4 Å². The Balaban J connectivity index is 0.00000200. The number of nitrogens with zero attached hydrogens (tertiary/aromatic N) is 2. The second-order valence-electron chi connectivity index (χ2n) is 5.89. The van der Waals surface area contributed by atoms with Crippen LogP contribution in [0.5, 0.6) is 0 Å². The lowest BCUT2D eigenvalue weighted by molar-refractivity contribution is -0.119. The maximum Gasteiger partial charge on any atom is 0.217 e. The van der Waals surface area contributed by atoms with Crippen molar-refractivity contribution in [3.63, 3.8) is 0 Å². The van der Waals surface area contributed by atoms with Crippen molar-refractivity contribution in [2.24, 2.45) is 22.6 Å². The molecule has 1 saturated carbocycles. The van der Waals surface area contributed by atoms with Gasteiger partial charge in [-0.3, -0.25) is 9.79 Å². The van der Waals surface area contributed by atoms with Gasteiger partial charge in [-0.05, 0) is 38.0 Å². The van der Waals surface area contributed by atoms with Crippen LogP contribution in [-0.4, -0.2) is 42.4 Å². The molecule has 2 fully saturated rings. The summed E-state index contributed by atoms with van der Waals surface area (Å²) in [5.74, 6) is 1.97. The van der Waals surface area contributed by atoms with Crippen LogP contribution in [0.3, 0.4) is 0 Å². The van der Waals surface area contributed by atoms with Crippen LogP contribution < -0.4 is 11.1 Å². The van der Waals surface area contributed by atoms with Gasteiger partial charge in [0, 0.05) is 32.1 Å². The third-order valence-electron chi connectivity index (χ3n) is 4.04. The van der Waals surface area contributed by atoms with Gasteiger partial charge < -0.3 is 16.0 Å². The van der Waals surface area contributed by atoms with Gasteiger partial charge in [-0.15, -0.1) is 24.0 Å². The van der Waals surface area contributed by atoms with Crippen LogP contribution >= 0.6 is 24.0 Å². The van der Waals surface area contributed by atoms with Crippen LogP contribution in [0.4, 0.5) is 0 Å². The topological polar surface area (TPSA) is 70.7 Å². The van der Waals surface area contributed by atoms with Crippen LogP contribution in [0.15, 0.2) is 4.99 Å². The summed E-state index contributed by atoms with van der Waals surface area (Å²) < 4.78 is 0. The van der Waals surface area contributed by atoms with Crippen molar-refractivity contribution >= 4 is 35.8 Å². The fourth-order valence-corrected chi connectivity index (χ4v) is 2.78. The van der Waals surface area contributed by atoms with Crippen molar-refractivity contribution in [1.29, 1.82) is 0 Å². The van der Waals surface area contributed by atoms with Crippen molar-refractivity contribution in [1.82, 2.24) is 10.2 Å². The molecule has 1 saturated heterocycles. The zero-order chi connectivity index (χ0) is 13.8. The van der Waals surface area contributed by atoms with Crippen molar-refractivity contribution in [2.45, 2.75) is 45.6 Å². The first-order valence-corrected chi connectivity index (χ1v) is 7.44. The van der Waals surface area contributed by atoms with Crippen LogP contribution in [-0.2, 0) is 4.79 Å². The van der Waals surface area contributed by atoms with E-state index < -0.39 is 0 Å². The van der Waals surface area contributed by atoms with Gasteiger partial charge in [0.05, 0.1) is 0 Å². The molecule has 0 aromatic rings. The molecule has 0 aromatic heterocycles. The Morgan fingerprint density at radius 1 is 1.50 bits per heavy atom. The first-order valence-electron chi connectivity index (χ1n) is 7.44. The minimum absolute atomic E-state index is 0. The maximum atomic E-state index is 11.1. The molecule has 20 heavy (non-hydrogen) atoms. The normalized spacial score (nSPS) is 29.6. The number of nitrogens with one attached hydrogen (secondary N) is 1. The summed E-state index contributed by atoms with van der Waals surface area (Å²) in [6.07, 6.45) is 3.94. The van der Waals surface area contributed by atoms with E-state index in [4.69, 9.17) is 5.73 Å². The molecular weight excluding hydrogens is 367 g/mol. The number of halogens is 1. The SMILES string of the molecule is CCN=C(NC1CC1C)N1CCCC(CC(N)=O)C1.I. The lowest BCUT2D eigenvalue weighted by Crippen LogP contribution is -2.48. The smallest absolute Gasteiger partial charge is 0.217 e. The number of primary amides is 1. The molecule has 2 rings (SSSR count). The molecule has 3 atom stereocenters. The maximum absolute atomic E-state index is 11.1. The summed E-state index contributed by atoms with van der Waals surface area (Å²) in [7, 11) is 0. The molecule has 6 heteroatoms. The number of carbonyl (C=O) groups excluding carboxylic acids is 1. The molecule has 116 valence electrons. The van der Waals surface area contributed by atoms with Gasteiger partial charge >= 0.3 is 0 Å². The highest BCUT2D eigenvalue weighted by Crippen LogP contribution is 2.29. The Bertz CT molecular complexity index is 361. The minimum atomic E-state index is -0.190. The predicted octanol–water partition coefficient (Wildman–Crippen LogP) is 1.57. The fraction of sp³-hybridized carbons (Fsp3) is 0.857. The molecule has 5 nitrogen and oxygen atoms in total. The molecule has 0 radical (unpaired) electrons. The number of guanidine groups is 1. The average molecular weight is 394 g/mol. The zero-order valence-electron chi connectivity index (χ0n) is 12.5. The molecular formula is C14H27IN4O. The van der Waals surface area contributed by atoms with Crippen LogP contribution in [0.25, 0.3) is 0 Å². The Morgan fingerprint density at radius 2 is 2.20 bits per heavy atom. The summed E-state index contributed by atoms with van der Waals surface area (Å²) >= 11 is 0. The second kappa shape index (κ2) is 8.05. The number of amides is 1. The average Bonchev–Trinajstić information content (AvgIpc) is 3.04. The third kappa shape index (κ3) is 5.10. The minimum Gasteiger partial charge on any atom is -0.370 e. The quantitative estimate of drug-likeness (QED) is 0.432. The van der Waals surface area contributed by atoms with Gasteiger partial charge in [0.15, 0.2) is 5.96 Å². The summed E-state index contributed by atoms with van der Waals surface area (Å²) in [6.45, 7) is 7.04. The van der Waals surface area contributed by atoms with E-state index in [1.54, 1.807) is 0 Å². The van der Waals surface area contributed by atoms with Crippen molar-refractivity contribution < 1.29 is 4.79 Å². The van der Waals surface area contributed by atoms with Crippen molar-refractivity contribution in [3.05, 3.63) is 0 Å². The molecule has 0 bridgehead atoms. The number of aliphatic imine (C=N–C) groups is 1. The highest BCUT2D eigenvalue weighted by molar-refractivity contribution is 14.0. The number of carbonyl (C=O) groups is 1. The Kier molecular flexibility index (Phi) is 7.05. The van der Waals surface area contributed by atoms with Gasteiger partial charge in [-0.2, -0.15) is 0 Å². The molecule has 3 unspecified atom stereocenters. The largest absolute Gasteiger partial charge is 0.370 e. The van der Waals surface area contributed by atoms with E-state index in [1.807, 2.05) is 0 Å². The van der Waals surface area contributed by atoms with Gasteiger partial charge in [0.2, 0.25) is 5.91 Å². The number of likely N-dealkylation sites (tertiary alicyclic amines) is 1. The van der Waals surface area contributed by atoms with Gasteiger partial charge in [-0.25, -0.2) is 0 Å². The third-order valence-corrected chi connectivity index (χ3v) is 4.04. The number of piperidine rings is 1. The lowest BCUT2D eigenvalue weighted by atomic mass is 9.95. The highest BCUT2D eigenvalue weighted by atomic mass is 127. The summed E-state index contributed by atoms with van der Waals surface area (Å²) in [5, 5.41) is 3.54. The van der Waals surface area contributed by atoms with E-state index in [1.165, 1.54) is 6.42 Å². The van der Waals surface area contributed by atoms with Crippen molar-refractivity contribution in [2.75, 3.05) is 19.6 Å². The van der Waals surface area contributed by atoms with E-state index in [0.29, 0.717) is 18.4 Å². The fourth-order valence-electron chi connectivity index (χ4n) is 2.78. The zero-order valence-corrected chi connectivity index (χ0v) is 14.8. The Hall–Kier alpha value is -0.530. The lowest BCUT2D eigenvalue weighted by Gasteiger charge is -2.35. The van der Waals surface area contributed by atoms with Crippen molar-refractivity contribution in [3.8, 4) is 0 Å². The molecule has 0 spiro atoms. The van der Waals surface area contributed by atoms with Crippen LogP contribution in [0.1, 0.15) is 39.5 Å². The Morgan fingerprint density at radius 3 is 2.75 bits per heavy atom. The van der Waals surface area contributed by atoms with E-state index in [2.05, 4.69) is 29.1 Å². The predicted molar refractivity (Wildman–Crippen MR) is 92.2 cm³/mol. The van der Waals surface area contributed by atoms with Gasteiger partial charge in [0.1, 0.15) is 0 Å². The first-order chi connectivity index (χ1) is 9.10. The molecule has 1 amide bonds. The summed E-state index contributed by atoms with van der Waals surface area (Å²) in [4.78, 5) is 17.9. The summed E-state index contributed by atoms with van der Waals surface area (Å²) in [5.41, 5.74) is 5.31. The highest BCUT2D eigenvalue weighted by Gasteiger charge is 2.35. The van der Waals surface area contributed by atoms with Gasteiger partial charge in [-0.1, -0.05) is 6.92 Å². The number of hydrogen-bond donors (Lipinski definition) is 2. The molecule has 1 aliphatic heterocycles. The molecule has 1 aliphatic carbocycles. The van der Waals surface area contributed by atoms with Gasteiger partial charge in [0.25, 0.3) is 0 Å². The first kappa shape index (κ1) is 17.5. The number of nitrogens with two attached hydrogens (primary N) is 1. The van der Waals surface area contributed by atoms with Crippen LogP contribution in [0.2, 0.25) is 0 Å². The molecule has 0 aromatic carbocycles. The molecule has 2 aliphatic rings. The molecule has 3 N–H and O–H groups in total. The van der Waals surface area contributed by atoms with E-state index in [9.17, 15) is 4.79 Å².